The Hall–Kier alpha value is -4.46. The first kappa shape index (κ1) is 30.1. The van der Waals surface area contributed by atoms with Crippen LogP contribution in [0.1, 0.15) is 47.4 Å². The van der Waals surface area contributed by atoms with Gasteiger partial charge in [-0.1, -0.05) is 30.0 Å². The number of likely N-dealkylation sites (tertiary alicyclic amines) is 1. The minimum atomic E-state index is -1.11. The number of rotatable bonds is 11. The number of nitrogens with one attached hydrogen (secondary N) is 3. The topological polar surface area (TPSA) is 180 Å². The number of carbonyl (C=O) groups is 5. The molecule has 2 aromatic rings. The molecule has 0 radical (unpaired) electrons. The molecule has 2 heterocycles. The van der Waals surface area contributed by atoms with Crippen molar-refractivity contribution in [2.45, 2.75) is 43.9 Å². The van der Waals surface area contributed by atoms with Gasteiger partial charge in [-0.05, 0) is 45.1 Å². The maximum absolute atomic E-state index is 13.3. The number of esters is 1. The van der Waals surface area contributed by atoms with Crippen LogP contribution in [0.25, 0.3) is 0 Å². The number of carboxylic acid groups (broad SMARTS) is 1. The summed E-state index contributed by atoms with van der Waals surface area (Å²) in [5.74, 6) is -3.78. The van der Waals surface area contributed by atoms with E-state index in [1.165, 1.54) is 29.8 Å². The van der Waals surface area contributed by atoms with Crippen molar-refractivity contribution in [3.63, 3.8) is 0 Å². The highest BCUT2D eigenvalue weighted by Gasteiger charge is 2.36. The van der Waals surface area contributed by atoms with Crippen LogP contribution in [0.5, 0.6) is 0 Å². The molecule has 0 spiro atoms. The van der Waals surface area contributed by atoms with Gasteiger partial charge in [-0.25, -0.2) is 19.6 Å². The van der Waals surface area contributed by atoms with E-state index in [1.54, 1.807) is 43.5 Å². The van der Waals surface area contributed by atoms with Gasteiger partial charge in [0.25, 0.3) is 11.8 Å². The lowest BCUT2D eigenvalue weighted by molar-refractivity contribution is -0.149. The molecule has 3 amide bonds. The van der Waals surface area contributed by atoms with E-state index in [4.69, 9.17) is 4.74 Å². The van der Waals surface area contributed by atoms with Gasteiger partial charge in [0.2, 0.25) is 5.91 Å². The first-order valence-electron chi connectivity index (χ1n) is 12.4. The Morgan fingerprint density at radius 1 is 1.23 bits per heavy atom. The Kier molecular flexibility index (Phi) is 10.6. The van der Waals surface area contributed by atoms with Crippen LogP contribution in [-0.4, -0.2) is 81.1 Å². The van der Waals surface area contributed by atoms with Gasteiger partial charge in [0.15, 0.2) is 5.16 Å². The SMILES string of the molecule is CCOC(=O)c1cnc(SC)nc1N/C=C(\NC(=O)c1ccccc1)C(=O)N[C@@H](C)C(=O)N1CCC[C@H]1C(=O)O. The second-order valence-electron chi connectivity index (χ2n) is 8.58. The first-order chi connectivity index (χ1) is 19.2. The Bertz CT molecular complexity index is 1300. The van der Waals surface area contributed by atoms with E-state index in [-0.39, 0.29) is 35.8 Å². The summed E-state index contributed by atoms with van der Waals surface area (Å²) in [4.78, 5) is 72.6. The lowest BCUT2D eigenvalue weighted by atomic mass is 10.2. The third-order valence-electron chi connectivity index (χ3n) is 5.87. The molecule has 2 atom stereocenters. The van der Waals surface area contributed by atoms with Gasteiger partial charge in [-0.15, -0.1) is 0 Å². The molecular formula is C26H30N6O7S. The number of carbonyl (C=O) groups excluding carboxylic acids is 4. The molecule has 40 heavy (non-hydrogen) atoms. The van der Waals surface area contributed by atoms with Crippen molar-refractivity contribution in [3.8, 4) is 0 Å². The fourth-order valence-electron chi connectivity index (χ4n) is 3.89. The number of aliphatic carboxylic acids is 1. The summed E-state index contributed by atoms with van der Waals surface area (Å²) in [7, 11) is 0. The van der Waals surface area contributed by atoms with Gasteiger partial charge in [0.1, 0.15) is 29.2 Å². The highest BCUT2D eigenvalue weighted by atomic mass is 32.2. The average molecular weight is 571 g/mol. The fraction of sp³-hybridized carbons (Fsp3) is 0.346. The van der Waals surface area contributed by atoms with Crippen LogP contribution in [0.2, 0.25) is 0 Å². The third-order valence-corrected chi connectivity index (χ3v) is 6.43. The van der Waals surface area contributed by atoms with Crippen LogP contribution in [0.4, 0.5) is 5.82 Å². The van der Waals surface area contributed by atoms with Crippen LogP contribution in [-0.2, 0) is 19.1 Å². The zero-order chi connectivity index (χ0) is 29.2. The number of benzene rings is 1. The summed E-state index contributed by atoms with van der Waals surface area (Å²) >= 11 is 1.22. The summed E-state index contributed by atoms with van der Waals surface area (Å²) < 4.78 is 5.05. The number of hydrogen-bond acceptors (Lipinski definition) is 10. The standard InChI is InChI=1S/C26H30N6O7S/c1-4-39-25(38)17-13-28-26(40-3)31-20(17)27-14-18(30-21(33)16-9-6-5-7-10-16)22(34)29-15(2)23(35)32-12-8-11-19(32)24(36)37/h5-7,9-10,13-15,19H,4,8,11-12H2,1-3H3,(H,29,34)(H,30,33)(H,36,37)(H,27,28,31)/b18-14-/t15-,19-/m0/s1. The van der Waals surface area contributed by atoms with E-state index in [0.29, 0.717) is 18.0 Å². The maximum atomic E-state index is 13.3. The van der Waals surface area contributed by atoms with Crippen molar-refractivity contribution in [2.24, 2.45) is 0 Å². The van der Waals surface area contributed by atoms with E-state index in [9.17, 15) is 29.1 Å². The molecule has 0 saturated carbocycles. The maximum Gasteiger partial charge on any atom is 0.343 e. The Balaban J connectivity index is 1.88. The molecule has 212 valence electrons. The summed E-state index contributed by atoms with van der Waals surface area (Å²) in [5, 5.41) is 17.5. The van der Waals surface area contributed by atoms with Gasteiger partial charge in [-0.2, -0.15) is 0 Å². The van der Waals surface area contributed by atoms with Crippen molar-refractivity contribution >= 4 is 47.2 Å². The van der Waals surface area contributed by atoms with Crippen LogP contribution < -0.4 is 16.0 Å². The van der Waals surface area contributed by atoms with E-state index < -0.39 is 41.7 Å². The van der Waals surface area contributed by atoms with Crippen molar-refractivity contribution in [3.05, 3.63) is 59.6 Å². The number of hydrogen-bond donors (Lipinski definition) is 4. The van der Waals surface area contributed by atoms with Gasteiger partial charge >= 0.3 is 11.9 Å². The molecule has 1 saturated heterocycles. The molecule has 4 N–H and O–H groups in total. The smallest absolute Gasteiger partial charge is 0.343 e. The number of nitrogens with zero attached hydrogens (tertiary/aromatic N) is 3. The molecule has 1 aromatic heterocycles. The monoisotopic (exact) mass is 570 g/mol. The Morgan fingerprint density at radius 3 is 2.60 bits per heavy atom. The van der Waals surface area contributed by atoms with Gasteiger partial charge in [-0.3, -0.25) is 14.4 Å². The summed E-state index contributed by atoms with van der Waals surface area (Å²) in [6, 6.07) is 6.08. The summed E-state index contributed by atoms with van der Waals surface area (Å²) in [5.41, 5.74) is -0.0169. The minimum Gasteiger partial charge on any atom is -0.480 e. The van der Waals surface area contributed by atoms with E-state index in [2.05, 4.69) is 25.9 Å². The molecule has 13 nitrogen and oxygen atoms in total. The number of thioether (sulfide) groups is 1. The Labute approximate surface area is 234 Å². The van der Waals surface area contributed by atoms with Gasteiger partial charge in [0, 0.05) is 24.5 Å². The lowest BCUT2D eigenvalue weighted by Gasteiger charge is -2.25. The highest BCUT2D eigenvalue weighted by molar-refractivity contribution is 7.98. The molecule has 1 aromatic carbocycles. The molecule has 3 rings (SSSR count). The zero-order valence-corrected chi connectivity index (χ0v) is 23.0. The predicted molar refractivity (Wildman–Crippen MR) is 145 cm³/mol. The number of carboxylic acids is 1. The van der Waals surface area contributed by atoms with E-state index >= 15 is 0 Å². The van der Waals surface area contributed by atoms with Gasteiger partial charge < -0.3 is 30.7 Å². The Morgan fingerprint density at radius 2 is 1.95 bits per heavy atom. The largest absolute Gasteiger partial charge is 0.480 e. The molecule has 14 heteroatoms. The molecule has 1 aliphatic rings. The summed E-state index contributed by atoms with van der Waals surface area (Å²) in [6.45, 7) is 3.44. The van der Waals surface area contributed by atoms with Gasteiger partial charge in [0.05, 0.1) is 6.61 Å². The number of anilines is 1. The van der Waals surface area contributed by atoms with Crippen molar-refractivity contribution in [1.82, 2.24) is 25.5 Å². The van der Waals surface area contributed by atoms with Crippen LogP contribution in [0, 0.1) is 0 Å². The highest BCUT2D eigenvalue weighted by Crippen LogP contribution is 2.20. The lowest BCUT2D eigenvalue weighted by Crippen LogP contribution is -2.51. The normalized spacial score (nSPS) is 15.6. The minimum absolute atomic E-state index is 0.00216. The third kappa shape index (κ3) is 7.56. The van der Waals surface area contributed by atoms with E-state index in [0.717, 1.165) is 6.20 Å². The first-order valence-corrected chi connectivity index (χ1v) is 13.6. The quantitative estimate of drug-likeness (QED) is 0.133. The molecule has 0 aliphatic carbocycles. The molecule has 0 unspecified atom stereocenters. The molecular weight excluding hydrogens is 540 g/mol. The fourth-order valence-corrected chi connectivity index (χ4v) is 4.23. The van der Waals surface area contributed by atoms with Crippen molar-refractivity contribution < 1.29 is 33.8 Å². The van der Waals surface area contributed by atoms with Crippen molar-refractivity contribution in [1.29, 1.82) is 0 Å². The molecule has 0 bridgehead atoms. The van der Waals surface area contributed by atoms with Crippen LogP contribution in [0.15, 0.2) is 53.6 Å². The van der Waals surface area contributed by atoms with E-state index in [1.807, 2.05) is 0 Å². The molecule has 1 fully saturated rings. The van der Waals surface area contributed by atoms with Crippen LogP contribution >= 0.6 is 11.8 Å². The zero-order valence-electron chi connectivity index (χ0n) is 22.2. The van der Waals surface area contributed by atoms with Crippen molar-refractivity contribution in [2.75, 3.05) is 24.7 Å². The number of amides is 3. The second-order valence-corrected chi connectivity index (χ2v) is 9.36. The summed E-state index contributed by atoms with van der Waals surface area (Å²) in [6.07, 6.45) is 5.02. The number of aromatic nitrogens is 2. The average Bonchev–Trinajstić information content (AvgIpc) is 3.45. The number of ether oxygens (including phenoxy) is 1. The molecule has 1 aliphatic heterocycles. The predicted octanol–water partition coefficient (Wildman–Crippen LogP) is 1.64. The van der Waals surface area contributed by atoms with Crippen LogP contribution in [0.3, 0.4) is 0 Å². The second kappa shape index (κ2) is 14.1.